The average Bonchev–Trinajstić information content (AvgIpc) is 2.26. The molecule has 15 heavy (non-hydrogen) atoms. The van der Waals surface area contributed by atoms with Crippen molar-refractivity contribution in [2.24, 2.45) is 0 Å². The monoisotopic (exact) mass is 195 g/mol. The van der Waals surface area contributed by atoms with Gasteiger partial charge in [0.1, 0.15) is 0 Å². The van der Waals surface area contributed by atoms with Crippen LogP contribution in [0, 0.1) is 6.92 Å². The fourth-order valence-electron chi connectivity index (χ4n) is 2.11. The highest BCUT2D eigenvalue weighted by Gasteiger charge is 2.13. The molecule has 0 saturated heterocycles. The third kappa shape index (κ3) is 1.40. The van der Waals surface area contributed by atoms with Crippen molar-refractivity contribution in [2.75, 3.05) is 5.32 Å². The standard InChI is InChI=1S/C14H13N/c1-10-6-7-12-9-11-4-2-3-5-13(11)15-14(12)8-10/h2-8,15H,9H2,1H3. The molecule has 3 rings (SSSR count). The molecule has 2 aromatic carbocycles. The molecule has 2 aromatic rings. The predicted octanol–water partition coefficient (Wildman–Crippen LogP) is 3.64. The highest BCUT2D eigenvalue weighted by Crippen LogP contribution is 2.32. The molecule has 1 aliphatic rings. The maximum Gasteiger partial charge on any atom is 0.0422 e. The second kappa shape index (κ2) is 3.13. The smallest absolute Gasteiger partial charge is 0.0422 e. The summed E-state index contributed by atoms with van der Waals surface area (Å²) in [5.41, 5.74) is 6.58. The molecule has 0 radical (unpaired) electrons. The van der Waals surface area contributed by atoms with Gasteiger partial charge in [0, 0.05) is 17.8 Å². The molecular formula is C14H13N. The Bertz CT molecular complexity index is 514. The van der Waals surface area contributed by atoms with Gasteiger partial charge in [0.15, 0.2) is 0 Å². The summed E-state index contributed by atoms with van der Waals surface area (Å²) in [5, 5.41) is 3.48. The quantitative estimate of drug-likeness (QED) is 0.577. The number of rotatable bonds is 0. The summed E-state index contributed by atoms with van der Waals surface area (Å²) in [5.74, 6) is 0. The second-order valence-corrected chi connectivity index (χ2v) is 4.12. The fourth-order valence-corrected chi connectivity index (χ4v) is 2.11. The Labute approximate surface area is 89.8 Å². The third-order valence-electron chi connectivity index (χ3n) is 2.93. The Morgan fingerprint density at radius 1 is 0.933 bits per heavy atom. The zero-order valence-electron chi connectivity index (χ0n) is 8.75. The molecule has 0 atom stereocenters. The maximum atomic E-state index is 3.48. The van der Waals surface area contributed by atoms with Crippen molar-refractivity contribution in [1.82, 2.24) is 0 Å². The van der Waals surface area contributed by atoms with Crippen LogP contribution in [0.1, 0.15) is 16.7 Å². The number of aryl methyl sites for hydroxylation is 1. The topological polar surface area (TPSA) is 12.0 Å². The molecule has 1 nitrogen and oxygen atoms in total. The van der Waals surface area contributed by atoms with Crippen molar-refractivity contribution in [1.29, 1.82) is 0 Å². The van der Waals surface area contributed by atoms with E-state index in [1.54, 1.807) is 0 Å². The first-order valence-corrected chi connectivity index (χ1v) is 5.27. The largest absolute Gasteiger partial charge is 0.355 e. The van der Waals surface area contributed by atoms with E-state index in [1.165, 1.54) is 28.1 Å². The van der Waals surface area contributed by atoms with E-state index in [2.05, 4.69) is 54.7 Å². The van der Waals surface area contributed by atoms with Gasteiger partial charge in [0.25, 0.3) is 0 Å². The molecule has 1 heteroatoms. The van der Waals surface area contributed by atoms with E-state index in [4.69, 9.17) is 0 Å². The van der Waals surface area contributed by atoms with Gasteiger partial charge in [-0.2, -0.15) is 0 Å². The Morgan fingerprint density at radius 2 is 1.73 bits per heavy atom. The van der Waals surface area contributed by atoms with Crippen molar-refractivity contribution in [3.8, 4) is 0 Å². The Kier molecular flexibility index (Phi) is 1.78. The average molecular weight is 195 g/mol. The predicted molar refractivity (Wildman–Crippen MR) is 63.7 cm³/mol. The number of fused-ring (bicyclic) bond motifs is 2. The van der Waals surface area contributed by atoms with Crippen LogP contribution in [0.25, 0.3) is 0 Å². The molecule has 0 aliphatic carbocycles. The van der Waals surface area contributed by atoms with E-state index >= 15 is 0 Å². The van der Waals surface area contributed by atoms with Crippen LogP contribution < -0.4 is 5.32 Å². The van der Waals surface area contributed by atoms with Crippen LogP contribution in [-0.4, -0.2) is 0 Å². The van der Waals surface area contributed by atoms with Crippen LogP contribution in [0.2, 0.25) is 0 Å². The van der Waals surface area contributed by atoms with Gasteiger partial charge in [-0.1, -0.05) is 30.3 Å². The molecule has 0 aromatic heterocycles. The third-order valence-corrected chi connectivity index (χ3v) is 2.93. The molecule has 0 spiro atoms. The summed E-state index contributed by atoms with van der Waals surface area (Å²) in [7, 11) is 0. The highest BCUT2D eigenvalue weighted by atomic mass is 14.9. The van der Waals surface area contributed by atoms with E-state index in [0.717, 1.165) is 6.42 Å². The van der Waals surface area contributed by atoms with Crippen molar-refractivity contribution >= 4 is 11.4 Å². The lowest BCUT2D eigenvalue weighted by molar-refractivity contribution is 1.15. The minimum absolute atomic E-state index is 1.04. The van der Waals surface area contributed by atoms with Crippen molar-refractivity contribution < 1.29 is 0 Å². The number of hydrogen-bond acceptors (Lipinski definition) is 1. The SMILES string of the molecule is Cc1ccc2c(c1)Nc1ccccc1C2. The van der Waals surface area contributed by atoms with Crippen molar-refractivity contribution in [3.63, 3.8) is 0 Å². The van der Waals surface area contributed by atoms with Gasteiger partial charge in [-0.3, -0.25) is 0 Å². The van der Waals surface area contributed by atoms with Gasteiger partial charge in [-0.15, -0.1) is 0 Å². The van der Waals surface area contributed by atoms with E-state index in [1.807, 2.05) is 0 Å². The Balaban J connectivity index is 2.11. The molecule has 0 saturated carbocycles. The van der Waals surface area contributed by atoms with E-state index in [9.17, 15) is 0 Å². The zero-order valence-corrected chi connectivity index (χ0v) is 8.75. The van der Waals surface area contributed by atoms with Gasteiger partial charge in [0.2, 0.25) is 0 Å². The molecule has 1 aliphatic heterocycles. The molecule has 0 amide bonds. The number of para-hydroxylation sites is 1. The van der Waals surface area contributed by atoms with Gasteiger partial charge in [-0.25, -0.2) is 0 Å². The zero-order chi connectivity index (χ0) is 10.3. The lowest BCUT2D eigenvalue weighted by Crippen LogP contribution is -2.06. The van der Waals surface area contributed by atoms with Crippen LogP contribution >= 0.6 is 0 Å². The summed E-state index contributed by atoms with van der Waals surface area (Å²) in [6.45, 7) is 2.13. The number of hydrogen-bond donors (Lipinski definition) is 1. The number of benzene rings is 2. The molecule has 0 bridgehead atoms. The van der Waals surface area contributed by atoms with Crippen LogP contribution in [0.4, 0.5) is 11.4 Å². The molecular weight excluding hydrogens is 182 g/mol. The first-order valence-electron chi connectivity index (χ1n) is 5.27. The highest BCUT2D eigenvalue weighted by molar-refractivity contribution is 5.71. The van der Waals surface area contributed by atoms with Crippen molar-refractivity contribution in [3.05, 3.63) is 59.2 Å². The molecule has 1 heterocycles. The summed E-state index contributed by atoms with van der Waals surface area (Å²) < 4.78 is 0. The van der Waals surface area contributed by atoms with Crippen molar-refractivity contribution in [2.45, 2.75) is 13.3 Å². The summed E-state index contributed by atoms with van der Waals surface area (Å²) in [6, 6.07) is 15.1. The normalized spacial score (nSPS) is 12.6. The van der Waals surface area contributed by atoms with Crippen LogP contribution in [0.5, 0.6) is 0 Å². The molecule has 0 unspecified atom stereocenters. The summed E-state index contributed by atoms with van der Waals surface area (Å²) in [4.78, 5) is 0. The first-order chi connectivity index (χ1) is 7.33. The minimum Gasteiger partial charge on any atom is -0.355 e. The molecule has 74 valence electrons. The van der Waals surface area contributed by atoms with Gasteiger partial charge >= 0.3 is 0 Å². The second-order valence-electron chi connectivity index (χ2n) is 4.12. The molecule has 1 N–H and O–H groups in total. The van der Waals surface area contributed by atoms with Crippen LogP contribution in [0.3, 0.4) is 0 Å². The van der Waals surface area contributed by atoms with Gasteiger partial charge in [0.05, 0.1) is 0 Å². The summed E-state index contributed by atoms with van der Waals surface area (Å²) in [6.07, 6.45) is 1.04. The van der Waals surface area contributed by atoms with Crippen LogP contribution in [-0.2, 0) is 6.42 Å². The van der Waals surface area contributed by atoms with E-state index in [-0.39, 0.29) is 0 Å². The fraction of sp³-hybridized carbons (Fsp3) is 0.143. The number of anilines is 2. The Hall–Kier alpha value is -1.76. The minimum atomic E-state index is 1.04. The lowest BCUT2D eigenvalue weighted by Gasteiger charge is -2.21. The van der Waals surface area contributed by atoms with Gasteiger partial charge < -0.3 is 5.32 Å². The Morgan fingerprint density at radius 3 is 2.67 bits per heavy atom. The van der Waals surface area contributed by atoms with Crippen LogP contribution in [0.15, 0.2) is 42.5 Å². The summed E-state index contributed by atoms with van der Waals surface area (Å²) >= 11 is 0. The number of nitrogens with one attached hydrogen (secondary N) is 1. The van der Waals surface area contributed by atoms with E-state index < -0.39 is 0 Å². The van der Waals surface area contributed by atoms with Gasteiger partial charge in [-0.05, 0) is 35.7 Å². The lowest BCUT2D eigenvalue weighted by atomic mass is 9.96. The molecule has 0 fully saturated rings. The maximum absolute atomic E-state index is 3.48. The van der Waals surface area contributed by atoms with E-state index in [0.29, 0.717) is 0 Å². The first kappa shape index (κ1) is 8.54.